The van der Waals surface area contributed by atoms with Crippen molar-refractivity contribution in [1.29, 1.82) is 0 Å². The minimum atomic E-state index is -2.60. The van der Waals surface area contributed by atoms with E-state index >= 15 is 0 Å². The van der Waals surface area contributed by atoms with Crippen molar-refractivity contribution in [3.05, 3.63) is 72.3 Å². The van der Waals surface area contributed by atoms with Crippen molar-refractivity contribution in [2.45, 2.75) is 71.4 Å². The summed E-state index contributed by atoms with van der Waals surface area (Å²) in [7, 11) is -2.60. The van der Waals surface area contributed by atoms with Crippen molar-refractivity contribution in [2.24, 2.45) is 17.8 Å². The lowest BCUT2D eigenvalue weighted by Gasteiger charge is -2.48. The third-order valence-electron chi connectivity index (χ3n) is 7.57. The molecule has 0 aliphatic heterocycles. The van der Waals surface area contributed by atoms with Gasteiger partial charge in [0.2, 0.25) is 0 Å². The Hall–Kier alpha value is -1.97. The average molecular weight is 447 g/mol. The van der Waals surface area contributed by atoms with Gasteiger partial charge in [0.25, 0.3) is 8.32 Å². The van der Waals surface area contributed by atoms with E-state index in [2.05, 4.69) is 101 Å². The van der Waals surface area contributed by atoms with Gasteiger partial charge in [-0.1, -0.05) is 93.1 Å². The first-order valence-electron chi connectivity index (χ1n) is 12.2. The van der Waals surface area contributed by atoms with Gasteiger partial charge in [-0.05, 0) is 60.4 Å². The van der Waals surface area contributed by atoms with Crippen molar-refractivity contribution in [3.8, 4) is 0 Å². The van der Waals surface area contributed by atoms with E-state index < -0.39 is 8.32 Å². The third-order valence-corrected chi connectivity index (χ3v) is 12.6. The lowest BCUT2D eigenvalue weighted by molar-refractivity contribution is -0.130. The molecule has 0 aromatic heterocycles. The van der Waals surface area contributed by atoms with E-state index in [1.807, 2.05) is 0 Å². The molecule has 2 saturated carbocycles. The van der Waals surface area contributed by atoms with E-state index in [0.717, 1.165) is 19.3 Å². The first-order valence-corrected chi connectivity index (χ1v) is 14.1. The molecule has 2 aliphatic carbocycles. The molecule has 0 N–H and O–H groups in total. The van der Waals surface area contributed by atoms with Crippen molar-refractivity contribution < 1.29 is 9.22 Å². The molecular formula is C29H38O2Si. The molecule has 2 aliphatic rings. The normalized spacial score (nSPS) is 26.0. The molecule has 170 valence electrons. The molecule has 0 unspecified atom stereocenters. The second-order valence-corrected chi connectivity index (χ2v) is 15.3. The Kier molecular flexibility index (Phi) is 6.60. The van der Waals surface area contributed by atoms with Gasteiger partial charge < -0.3 is 4.43 Å². The van der Waals surface area contributed by atoms with Gasteiger partial charge in [0.15, 0.2) is 0 Å². The number of ketones is 1. The van der Waals surface area contributed by atoms with Crippen LogP contribution in [0.2, 0.25) is 5.04 Å². The number of allylic oxidation sites excluding steroid dienone is 2. The molecule has 0 heterocycles. The molecule has 0 spiro atoms. The van der Waals surface area contributed by atoms with Crippen molar-refractivity contribution in [2.75, 3.05) is 0 Å². The molecule has 0 amide bonds. The standard InChI is InChI=1S/C29H38O2Si/c1-21(2)20-22-16-17-25-27(19-18-26(30)28(22)25)31-32(29(3,4)5,23-12-8-6-9-13-23)24-14-10-7-11-15-24/h6-15,20,22,25,27-28H,16-19H2,1-5H3/t22-,25-,27+,28-/m1/s1. The predicted octanol–water partition coefficient (Wildman–Crippen LogP) is 5.90. The maximum Gasteiger partial charge on any atom is 0.261 e. The molecule has 2 aromatic carbocycles. The van der Waals surface area contributed by atoms with Gasteiger partial charge in [-0.3, -0.25) is 4.79 Å². The van der Waals surface area contributed by atoms with Crippen LogP contribution >= 0.6 is 0 Å². The van der Waals surface area contributed by atoms with Gasteiger partial charge >= 0.3 is 0 Å². The van der Waals surface area contributed by atoms with Gasteiger partial charge in [-0.15, -0.1) is 0 Å². The first-order chi connectivity index (χ1) is 15.2. The molecule has 0 radical (unpaired) electrons. The molecule has 4 rings (SSSR count). The lowest BCUT2D eigenvalue weighted by atomic mass is 9.75. The number of hydrogen-bond acceptors (Lipinski definition) is 2. The van der Waals surface area contributed by atoms with Crippen LogP contribution in [0.4, 0.5) is 0 Å². The Morgan fingerprint density at radius 1 is 0.906 bits per heavy atom. The number of carbonyl (C=O) groups excluding carboxylic acids is 1. The summed E-state index contributed by atoms with van der Waals surface area (Å²) < 4.78 is 7.50. The topological polar surface area (TPSA) is 26.3 Å². The molecule has 2 aromatic rings. The highest BCUT2D eigenvalue weighted by Crippen LogP contribution is 2.48. The van der Waals surface area contributed by atoms with Crippen molar-refractivity contribution in [1.82, 2.24) is 0 Å². The van der Waals surface area contributed by atoms with Gasteiger partial charge in [0.05, 0.1) is 0 Å². The highest BCUT2D eigenvalue weighted by molar-refractivity contribution is 6.99. The quantitative estimate of drug-likeness (QED) is 0.422. The summed E-state index contributed by atoms with van der Waals surface area (Å²) >= 11 is 0. The van der Waals surface area contributed by atoms with E-state index in [-0.39, 0.29) is 17.1 Å². The SMILES string of the molecule is CC(C)=C[C@H]1CC[C@H]2[C@@H]1C(=O)CC[C@@H]2O[Si](c1ccccc1)(c1ccccc1)C(C)(C)C. The lowest BCUT2D eigenvalue weighted by Crippen LogP contribution is -2.68. The van der Waals surface area contributed by atoms with Crippen LogP contribution in [-0.4, -0.2) is 20.2 Å². The maximum absolute atomic E-state index is 13.0. The molecular weight excluding hydrogens is 408 g/mol. The Morgan fingerprint density at radius 2 is 1.47 bits per heavy atom. The smallest absolute Gasteiger partial charge is 0.261 e. The zero-order chi connectivity index (χ0) is 22.9. The fourth-order valence-corrected chi connectivity index (χ4v) is 11.1. The Bertz CT molecular complexity index is 914. The molecule has 0 bridgehead atoms. The number of rotatable bonds is 5. The summed E-state index contributed by atoms with van der Waals surface area (Å²) in [6.45, 7) is 11.3. The van der Waals surface area contributed by atoms with Gasteiger partial charge in [-0.2, -0.15) is 0 Å². The van der Waals surface area contributed by atoms with Crippen LogP contribution in [0.1, 0.15) is 60.3 Å². The minimum absolute atomic E-state index is 0.0371. The molecule has 3 heteroatoms. The minimum Gasteiger partial charge on any atom is -0.404 e. The van der Waals surface area contributed by atoms with Crippen molar-refractivity contribution in [3.63, 3.8) is 0 Å². The monoisotopic (exact) mass is 446 g/mol. The van der Waals surface area contributed by atoms with Crippen LogP contribution in [0.25, 0.3) is 0 Å². The van der Waals surface area contributed by atoms with E-state index in [4.69, 9.17) is 4.43 Å². The van der Waals surface area contributed by atoms with E-state index in [1.54, 1.807) is 0 Å². The Labute approximate surface area is 195 Å². The number of hydrogen-bond donors (Lipinski definition) is 0. The van der Waals surface area contributed by atoms with Crippen LogP contribution in [0.15, 0.2) is 72.3 Å². The summed E-state index contributed by atoms with van der Waals surface area (Å²) in [5.41, 5.74) is 1.32. The molecule has 4 atom stereocenters. The maximum atomic E-state index is 13.0. The Morgan fingerprint density at radius 3 is 1.97 bits per heavy atom. The summed E-state index contributed by atoms with van der Waals surface area (Å²) in [5.74, 6) is 1.29. The highest BCUT2D eigenvalue weighted by atomic mass is 28.4. The molecule has 2 nitrogen and oxygen atoms in total. The number of fused-ring (bicyclic) bond motifs is 1. The van der Waals surface area contributed by atoms with Crippen molar-refractivity contribution >= 4 is 24.5 Å². The van der Waals surface area contributed by atoms with Gasteiger partial charge in [-0.25, -0.2) is 0 Å². The number of carbonyl (C=O) groups is 1. The summed E-state index contributed by atoms with van der Waals surface area (Å²) in [6.07, 6.45) is 6.18. The largest absolute Gasteiger partial charge is 0.404 e. The second-order valence-electron chi connectivity index (χ2n) is 11.0. The summed E-state index contributed by atoms with van der Waals surface area (Å²) in [4.78, 5) is 13.0. The van der Waals surface area contributed by atoms with Crippen LogP contribution in [0.5, 0.6) is 0 Å². The first kappa shape index (κ1) is 23.2. The molecule has 32 heavy (non-hydrogen) atoms. The third kappa shape index (κ3) is 4.17. The van der Waals surface area contributed by atoms with E-state index in [1.165, 1.54) is 15.9 Å². The van der Waals surface area contributed by atoms with E-state index in [0.29, 0.717) is 24.0 Å². The predicted molar refractivity (Wildman–Crippen MR) is 136 cm³/mol. The van der Waals surface area contributed by atoms with Gasteiger partial charge in [0.1, 0.15) is 5.78 Å². The Balaban J connectivity index is 1.79. The summed E-state index contributed by atoms with van der Waals surface area (Å²) in [6, 6.07) is 21.8. The second kappa shape index (κ2) is 9.11. The van der Waals surface area contributed by atoms with Crippen LogP contribution in [0, 0.1) is 17.8 Å². The number of Topliss-reactive ketones (excluding diaryl/α,β-unsaturated/α-hetero) is 1. The van der Waals surface area contributed by atoms with Crippen LogP contribution < -0.4 is 10.4 Å². The highest BCUT2D eigenvalue weighted by Gasteiger charge is 2.55. The van der Waals surface area contributed by atoms with Gasteiger partial charge in [0, 0.05) is 18.4 Å². The van der Waals surface area contributed by atoms with Crippen LogP contribution in [0.3, 0.4) is 0 Å². The molecule has 2 fully saturated rings. The van der Waals surface area contributed by atoms with E-state index in [9.17, 15) is 4.79 Å². The average Bonchev–Trinajstić information content (AvgIpc) is 3.18. The molecule has 0 saturated heterocycles. The fraction of sp³-hybridized carbons (Fsp3) is 0.483. The zero-order valence-electron chi connectivity index (χ0n) is 20.3. The fourth-order valence-electron chi connectivity index (χ4n) is 6.30. The zero-order valence-corrected chi connectivity index (χ0v) is 21.3. The number of benzene rings is 2. The van der Waals surface area contributed by atoms with Crippen LogP contribution in [-0.2, 0) is 9.22 Å². The summed E-state index contributed by atoms with van der Waals surface area (Å²) in [5, 5.41) is 2.61.